The molecule has 0 spiro atoms. The Morgan fingerprint density at radius 1 is 0.971 bits per heavy atom. The van der Waals surface area contributed by atoms with Crippen LogP contribution in [0.1, 0.15) is 44.6 Å². The van der Waals surface area contributed by atoms with Crippen molar-refractivity contribution in [1.82, 2.24) is 14.5 Å². The summed E-state index contributed by atoms with van der Waals surface area (Å²) in [6, 6.07) is 14.3. The Kier molecular flexibility index (Phi) is 7.23. The molecule has 0 unspecified atom stereocenters. The van der Waals surface area contributed by atoms with Gasteiger partial charge in [-0.05, 0) is 49.1 Å². The first kappa shape index (κ1) is 24.9. The van der Waals surface area contributed by atoms with Gasteiger partial charge in [0.25, 0.3) is 5.91 Å². The fourth-order valence-corrected chi connectivity index (χ4v) is 6.13. The minimum absolute atomic E-state index is 0.169. The Balaban J connectivity index is 1.42. The second-order valence-electron chi connectivity index (χ2n) is 8.84. The minimum atomic E-state index is -3.59. The summed E-state index contributed by atoms with van der Waals surface area (Å²) >= 11 is 0. The normalized spacial score (nSPS) is 21.5. The van der Waals surface area contributed by atoms with Gasteiger partial charge >= 0.3 is 6.03 Å². The fraction of sp³-hybridized carbons (Fsp3) is 0.400. The standard InChI is InChI=1S/C25H30N4O5S/c1-2-25(19-10-6-5-7-11-19)23(31)29(24(32)27-25)18-22(30)26-20-12-14-21(15-13-20)35(33,34)28-16-8-3-4-9-17-28/h5-7,10-15H,2-4,8-9,16-18H2,1H3,(H,26,30)(H,27,32)/t25-/m0/s1. The molecule has 0 bridgehead atoms. The number of sulfonamides is 1. The van der Waals surface area contributed by atoms with Crippen LogP contribution in [0, 0.1) is 0 Å². The number of hydrogen-bond acceptors (Lipinski definition) is 5. The molecule has 2 aliphatic rings. The summed E-state index contributed by atoms with van der Waals surface area (Å²) in [4.78, 5) is 39.5. The van der Waals surface area contributed by atoms with E-state index < -0.39 is 40.0 Å². The van der Waals surface area contributed by atoms with Crippen LogP contribution in [0.3, 0.4) is 0 Å². The molecule has 0 radical (unpaired) electrons. The quantitative estimate of drug-likeness (QED) is 0.570. The number of carbonyl (C=O) groups excluding carboxylic acids is 3. The predicted octanol–water partition coefficient (Wildman–Crippen LogP) is 3.05. The number of nitrogens with zero attached hydrogens (tertiary/aromatic N) is 2. The zero-order valence-corrected chi connectivity index (χ0v) is 20.5. The number of rotatable bonds is 7. The molecule has 2 N–H and O–H groups in total. The third-order valence-corrected chi connectivity index (χ3v) is 8.53. The van der Waals surface area contributed by atoms with Crippen molar-refractivity contribution in [2.24, 2.45) is 0 Å². The summed E-state index contributed by atoms with van der Waals surface area (Å²) in [7, 11) is -3.59. The summed E-state index contributed by atoms with van der Waals surface area (Å²) in [6.45, 7) is 2.37. The lowest BCUT2D eigenvalue weighted by atomic mass is 9.87. The molecule has 186 valence electrons. The highest BCUT2D eigenvalue weighted by Gasteiger charge is 2.51. The molecule has 0 aliphatic carbocycles. The van der Waals surface area contributed by atoms with Crippen LogP contribution in [-0.2, 0) is 25.2 Å². The van der Waals surface area contributed by atoms with Crippen molar-refractivity contribution >= 4 is 33.6 Å². The van der Waals surface area contributed by atoms with Gasteiger partial charge in [-0.1, -0.05) is 50.1 Å². The molecule has 2 aliphatic heterocycles. The Morgan fingerprint density at radius 2 is 1.60 bits per heavy atom. The van der Waals surface area contributed by atoms with Crippen molar-refractivity contribution in [3.05, 3.63) is 60.2 Å². The smallest absolute Gasteiger partial charge is 0.325 e. The molecule has 9 nitrogen and oxygen atoms in total. The van der Waals surface area contributed by atoms with Gasteiger partial charge in [0, 0.05) is 18.8 Å². The molecule has 4 amide bonds. The Labute approximate surface area is 205 Å². The van der Waals surface area contributed by atoms with Crippen molar-refractivity contribution in [2.45, 2.75) is 49.5 Å². The average molecular weight is 499 g/mol. The lowest BCUT2D eigenvalue weighted by Crippen LogP contribution is -2.44. The van der Waals surface area contributed by atoms with E-state index in [9.17, 15) is 22.8 Å². The molecular formula is C25H30N4O5S. The summed E-state index contributed by atoms with van der Waals surface area (Å²) in [5.41, 5.74) is -0.172. The third-order valence-electron chi connectivity index (χ3n) is 6.62. The van der Waals surface area contributed by atoms with E-state index in [1.165, 1.54) is 28.6 Å². The molecule has 0 saturated carbocycles. The van der Waals surface area contributed by atoms with Crippen molar-refractivity contribution in [2.75, 3.05) is 25.0 Å². The van der Waals surface area contributed by atoms with E-state index in [1.54, 1.807) is 31.2 Å². The first-order chi connectivity index (χ1) is 16.8. The van der Waals surface area contributed by atoms with Crippen LogP contribution >= 0.6 is 0 Å². The Morgan fingerprint density at radius 3 is 2.20 bits per heavy atom. The lowest BCUT2D eigenvalue weighted by Gasteiger charge is -2.25. The molecular weight excluding hydrogens is 468 g/mol. The molecule has 4 rings (SSSR count). The van der Waals surface area contributed by atoms with Crippen LogP contribution in [0.2, 0.25) is 0 Å². The Hall–Kier alpha value is -3.24. The van der Waals surface area contributed by atoms with Crippen molar-refractivity contribution in [3.63, 3.8) is 0 Å². The molecule has 0 aromatic heterocycles. The maximum absolute atomic E-state index is 13.2. The van der Waals surface area contributed by atoms with Crippen molar-refractivity contribution in [3.8, 4) is 0 Å². The van der Waals surface area contributed by atoms with Crippen LogP contribution in [0.5, 0.6) is 0 Å². The van der Waals surface area contributed by atoms with Crippen molar-refractivity contribution in [1.29, 1.82) is 0 Å². The van der Waals surface area contributed by atoms with Gasteiger partial charge in [0.1, 0.15) is 12.1 Å². The summed E-state index contributed by atoms with van der Waals surface area (Å²) in [6.07, 6.45) is 4.09. The zero-order chi connectivity index (χ0) is 25.1. The van der Waals surface area contributed by atoms with Gasteiger partial charge in [-0.3, -0.25) is 14.5 Å². The SMILES string of the molecule is CC[C@@]1(c2ccccc2)NC(=O)N(CC(=O)Nc2ccc(S(=O)(=O)N3CCCCCC3)cc2)C1=O. The number of benzene rings is 2. The second kappa shape index (κ2) is 10.2. The van der Waals surface area contributed by atoms with Gasteiger partial charge in [0.05, 0.1) is 4.90 Å². The molecule has 35 heavy (non-hydrogen) atoms. The summed E-state index contributed by atoms with van der Waals surface area (Å²) in [5, 5.41) is 5.39. The monoisotopic (exact) mass is 498 g/mol. The number of imide groups is 1. The first-order valence-electron chi connectivity index (χ1n) is 11.9. The van der Waals surface area contributed by atoms with Gasteiger partial charge in [0.2, 0.25) is 15.9 Å². The zero-order valence-electron chi connectivity index (χ0n) is 19.7. The summed E-state index contributed by atoms with van der Waals surface area (Å²) in [5.74, 6) is -1.04. The van der Waals surface area contributed by atoms with E-state index in [2.05, 4.69) is 10.6 Å². The van der Waals surface area contributed by atoms with Gasteiger partial charge in [-0.25, -0.2) is 13.2 Å². The number of carbonyl (C=O) groups is 3. The lowest BCUT2D eigenvalue weighted by molar-refractivity contribution is -0.134. The van der Waals surface area contributed by atoms with Gasteiger partial charge in [-0.15, -0.1) is 0 Å². The molecule has 2 fully saturated rings. The fourth-order valence-electron chi connectivity index (χ4n) is 4.62. The topological polar surface area (TPSA) is 116 Å². The van der Waals surface area contributed by atoms with E-state index in [1.807, 2.05) is 6.07 Å². The third kappa shape index (κ3) is 4.94. The molecule has 2 saturated heterocycles. The average Bonchev–Trinajstić information content (AvgIpc) is 3.04. The van der Waals surface area contributed by atoms with Crippen LogP contribution in [0.15, 0.2) is 59.5 Å². The summed E-state index contributed by atoms with van der Waals surface area (Å²) < 4.78 is 27.4. The number of nitrogens with one attached hydrogen (secondary N) is 2. The van der Waals surface area contributed by atoms with E-state index in [0.717, 1.165) is 30.6 Å². The number of hydrogen-bond donors (Lipinski definition) is 2. The first-order valence-corrected chi connectivity index (χ1v) is 13.3. The highest BCUT2D eigenvalue weighted by atomic mass is 32.2. The van der Waals surface area contributed by atoms with E-state index >= 15 is 0 Å². The van der Waals surface area contributed by atoms with E-state index in [4.69, 9.17) is 0 Å². The van der Waals surface area contributed by atoms with E-state index in [-0.39, 0.29) is 4.90 Å². The largest absolute Gasteiger partial charge is 0.325 e. The van der Waals surface area contributed by atoms with Gasteiger partial charge < -0.3 is 10.6 Å². The van der Waals surface area contributed by atoms with Crippen LogP contribution in [0.25, 0.3) is 0 Å². The van der Waals surface area contributed by atoms with Gasteiger partial charge in [-0.2, -0.15) is 4.31 Å². The predicted molar refractivity (Wildman–Crippen MR) is 131 cm³/mol. The number of anilines is 1. The molecule has 2 aromatic rings. The Bertz CT molecular complexity index is 1190. The van der Waals surface area contributed by atoms with Crippen molar-refractivity contribution < 1.29 is 22.8 Å². The maximum atomic E-state index is 13.2. The minimum Gasteiger partial charge on any atom is -0.325 e. The second-order valence-corrected chi connectivity index (χ2v) is 10.8. The van der Waals surface area contributed by atoms with Crippen LogP contribution in [-0.4, -0.2) is 55.1 Å². The number of amides is 4. The highest BCUT2D eigenvalue weighted by Crippen LogP contribution is 2.32. The van der Waals surface area contributed by atoms with Gasteiger partial charge in [0.15, 0.2) is 0 Å². The molecule has 1 atom stereocenters. The number of urea groups is 1. The molecule has 2 heterocycles. The maximum Gasteiger partial charge on any atom is 0.325 e. The highest BCUT2D eigenvalue weighted by molar-refractivity contribution is 7.89. The van der Waals surface area contributed by atoms with Crippen LogP contribution < -0.4 is 10.6 Å². The molecule has 10 heteroatoms. The van der Waals surface area contributed by atoms with Crippen LogP contribution in [0.4, 0.5) is 10.5 Å². The molecule has 2 aromatic carbocycles. The van der Waals surface area contributed by atoms with E-state index in [0.29, 0.717) is 30.8 Å².